The van der Waals surface area contributed by atoms with Crippen LogP contribution in [0.25, 0.3) is 0 Å². The lowest BCUT2D eigenvalue weighted by molar-refractivity contribution is -0.138. The molecule has 108 valence electrons. The highest BCUT2D eigenvalue weighted by atomic mass is 16.1. The maximum Gasteiger partial charge on any atom is 0.143 e. The highest BCUT2D eigenvalue weighted by Gasteiger charge is 2.41. The molecular formula is C16H27NO2. The quantitative estimate of drug-likeness (QED) is 0.717. The predicted molar refractivity (Wildman–Crippen MR) is 76.0 cm³/mol. The van der Waals surface area contributed by atoms with Gasteiger partial charge in [0.15, 0.2) is 0 Å². The molecule has 19 heavy (non-hydrogen) atoms. The fourth-order valence-corrected chi connectivity index (χ4v) is 3.78. The third-order valence-corrected chi connectivity index (χ3v) is 4.79. The lowest BCUT2D eigenvalue weighted by atomic mass is 9.68. The summed E-state index contributed by atoms with van der Waals surface area (Å²) in [5.41, 5.74) is 0. The van der Waals surface area contributed by atoms with Crippen molar-refractivity contribution in [2.24, 2.45) is 17.8 Å². The zero-order chi connectivity index (χ0) is 13.8. The zero-order valence-electron chi connectivity index (χ0n) is 12.4. The largest absolute Gasteiger partial charge is 0.303 e. The standard InChI is InChI=1S/C16H27NO2/c1-3-5-15(18)14-9-13-11-17(7-4-2)8-6-12(13)10-16(14)19/h12-14H,3-11H2,1-2H3/t12-,13+,14?/m0/s1. The van der Waals surface area contributed by atoms with E-state index in [-0.39, 0.29) is 17.5 Å². The van der Waals surface area contributed by atoms with Crippen molar-refractivity contribution >= 4 is 11.6 Å². The van der Waals surface area contributed by atoms with E-state index in [4.69, 9.17) is 0 Å². The number of carbonyl (C=O) groups excluding carboxylic acids is 2. The van der Waals surface area contributed by atoms with E-state index >= 15 is 0 Å². The topological polar surface area (TPSA) is 37.4 Å². The molecule has 1 saturated carbocycles. The number of Topliss-reactive ketones (excluding diaryl/α,β-unsaturated/α-hetero) is 2. The molecule has 0 radical (unpaired) electrons. The van der Waals surface area contributed by atoms with E-state index in [0.717, 1.165) is 38.9 Å². The first-order valence-electron chi connectivity index (χ1n) is 7.93. The number of likely N-dealkylation sites (tertiary alicyclic amines) is 1. The van der Waals surface area contributed by atoms with Crippen LogP contribution in [0, 0.1) is 17.8 Å². The van der Waals surface area contributed by atoms with Crippen LogP contribution in [0.2, 0.25) is 0 Å². The smallest absolute Gasteiger partial charge is 0.143 e. The van der Waals surface area contributed by atoms with E-state index in [0.29, 0.717) is 24.7 Å². The van der Waals surface area contributed by atoms with Crippen LogP contribution in [0.1, 0.15) is 52.4 Å². The summed E-state index contributed by atoms with van der Waals surface area (Å²) < 4.78 is 0. The van der Waals surface area contributed by atoms with Crippen LogP contribution in [-0.2, 0) is 9.59 Å². The number of piperidine rings is 1. The van der Waals surface area contributed by atoms with Crippen LogP contribution in [-0.4, -0.2) is 36.1 Å². The minimum atomic E-state index is -0.275. The van der Waals surface area contributed by atoms with E-state index in [1.807, 2.05) is 6.92 Å². The summed E-state index contributed by atoms with van der Waals surface area (Å²) in [6.45, 7) is 7.62. The Hall–Kier alpha value is -0.700. The van der Waals surface area contributed by atoms with Gasteiger partial charge in [-0.3, -0.25) is 9.59 Å². The SMILES string of the molecule is CCCC(=O)C1C[C@@H]2CN(CCC)CC[C@H]2CC1=O. The molecule has 2 rings (SSSR count). The van der Waals surface area contributed by atoms with Crippen molar-refractivity contribution in [1.82, 2.24) is 4.90 Å². The Labute approximate surface area is 116 Å². The van der Waals surface area contributed by atoms with Crippen molar-refractivity contribution < 1.29 is 9.59 Å². The molecular weight excluding hydrogens is 238 g/mol. The van der Waals surface area contributed by atoms with Crippen molar-refractivity contribution in [2.75, 3.05) is 19.6 Å². The second-order valence-electron chi connectivity index (χ2n) is 6.28. The summed E-state index contributed by atoms with van der Waals surface area (Å²) >= 11 is 0. The van der Waals surface area contributed by atoms with Gasteiger partial charge in [0.1, 0.15) is 11.6 Å². The second-order valence-corrected chi connectivity index (χ2v) is 6.28. The lowest BCUT2D eigenvalue weighted by Crippen LogP contribution is -2.47. The van der Waals surface area contributed by atoms with E-state index < -0.39 is 0 Å². The number of nitrogens with zero attached hydrogens (tertiary/aromatic N) is 1. The van der Waals surface area contributed by atoms with Gasteiger partial charge in [0, 0.05) is 19.4 Å². The molecule has 0 bridgehead atoms. The average Bonchev–Trinajstić information content (AvgIpc) is 2.39. The number of carbonyl (C=O) groups is 2. The van der Waals surface area contributed by atoms with Gasteiger partial charge in [-0.25, -0.2) is 0 Å². The lowest BCUT2D eigenvalue weighted by Gasteiger charge is -2.42. The third-order valence-electron chi connectivity index (χ3n) is 4.79. The van der Waals surface area contributed by atoms with Crippen molar-refractivity contribution in [3.05, 3.63) is 0 Å². The molecule has 1 aliphatic heterocycles. The van der Waals surface area contributed by atoms with E-state index in [2.05, 4.69) is 11.8 Å². The Morgan fingerprint density at radius 3 is 2.74 bits per heavy atom. The first-order chi connectivity index (χ1) is 9.15. The first kappa shape index (κ1) is 14.7. The molecule has 1 heterocycles. The molecule has 0 N–H and O–H groups in total. The monoisotopic (exact) mass is 265 g/mol. The molecule has 0 aromatic carbocycles. The molecule has 0 aromatic rings. The molecule has 3 nitrogen and oxygen atoms in total. The van der Waals surface area contributed by atoms with Gasteiger partial charge in [0.2, 0.25) is 0 Å². The summed E-state index contributed by atoms with van der Waals surface area (Å²) in [5.74, 6) is 1.26. The van der Waals surface area contributed by atoms with E-state index in [1.54, 1.807) is 0 Å². The number of ketones is 2. The van der Waals surface area contributed by atoms with Gasteiger partial charge in [-0.1, -0.05) is 13.8 Å². The molecule has 3 atom stereocenters. The van der Waals surface area contributed by atoms with Crippen LogP contribution in [0.5, 0.6) is 0 Å². The predicted octanol–water partition coefficient (Wildman–Crippen LogP) is 2.68. The molecule has 0 amide bonds. The fraction of sp³-hybridized carbons (Fsp3) is 0.875. The van der Waals surface area contributed by atoms with Gasteiger partial charge in [-0.15, -0.1) is 0 Å². The normalized spacial score (nSPS) is 32.1. The van der Waals surface area contributed by atoms with E-state index in [9.17, 15) is 9.59 Å². The van der Waals surface area contributed by atoms with Crippen LogP contribution >= 0.6 is 0 Å². The van der Waals surface area contributed by atoms with Crippen molar-refractivity contribution in [1.29, 1.82) is 0 Å². The minimum Gasteiger partial charge on any atom is -0.303 e. The van der Waals surface area contributed by atoms with Crippen LogP contribution in [0.3, 0.4) is 0 Å². The molecule has 1 saturated heterocycles. The van der Waals surface area contributed by atoms with Crippen LogP contribution in [0.4, 0.5) is 0 Å². The zero-order valence-corrected chi connectivity index (χ0v) is 12.4. The van der Waals surface area contributed by atoms with Gasteiger partial charge in [0.25, 0.3) is 0 Å². The number of fused-ring (bicyclic) bond motifs is 1. The number of hydrogen-bond acceptors (Lipinski definition) is 3. The third kappa shape index (κ3) is 3.44. The molecule has 0 spiro atoms. The van der Waals surface area contributed by atoms with Crippen LogP contribution in [0.15, 0.2) is 0 Å². The molecule has 3 heteroatoms. The summed E-state index contributed by atoms with van der Waals surface area (Å²) in [4.78, 5) is 26.7. The first-order valence-corrected chi connectivity index (χ1v) is 7.93. The summed E-state index contributed by atoms with van der Waals surface area (Å²) in [6, 6.07) is 0. The second kappa shape index (κ2) is 6.65. The van der Waals surface area contributed by atoms with Gasteiger partial charge >= 0.3 is 0 Å². The summed E-state index contributed by atoms with van der Waals surface area (Å²) in [7, 11) is 0. The molecule has 1 unspecified atom stereocenters. The van der Waals surface area contributed by atoms with Crippen molar-refractivity contribution in [2.45, 2.75) is 52.4 Å². The highest BCUT2D eigenvalue weighted by Crippen LogP contribution is 2.38. The minimum absolute atomic E-state index is 0.193. The van der Waals surface area contributed by atoms with Crippen LogP contribution < -0.4 is 0 Å². The average molecular weight is 265 g/mol. The number of hydrogen-bond donors (Lipinski definition) is 0. The maximum absolute atomic E-state index is 12.1. The van der Waals surface area contributed by atoms with E-state index in [1.165, 1.54) is 6.42 Å². The Morgan fingerprint density at radius 2 is 2.05 bits per heavy atom. The maximum atomic E-state index is 12.1. The summed E-state index contributed by atoms with van der Waals surface area (Å²) in [6.07, 6.45) is 5.25. The van der Waals surface area contributed by atoms with Gasteiger partial charge in [0.05, 0.1) is 5.92 Å². The van der Waals surface area contributed by atoms with Crippen molar-refractivity contribution in [3.63, 3.8) is 0 Å². The summed E-state index contributed by atoms with van der Waals surface area (Å²) in [5, 5.41) is 0. The fourth-order valence-electron chi connectivity index (χ4n) is 3.78. The van der Waals surface area contributed by atoms with Crippen molar-refractivity contribution in [3.8, 4) is 0 Å². The Bertz CT molecular complexity index is 340. The Morgan fingerprint density at radius 1 is 1.26 bits per heavy atom. The Kier molecular flexibility index (Phi) is 5.14. The van der Waals surface area contributed by atoms with Gasteiger partial charge < -0.3 is 4.90 Å². The van der Waals surface area contributed by atoms with Gasteiger partial charge in [-0.2, -0.15) is 0 Å². The number of rotatable bonds is 5. The van der Waals surface area contributed by atoms with Gasteiger partial charge in [-0.05, 0) is 50.6 Å². The highest BCUT2D eigenvalue weighted by molar-refractivity contribution is 6.02. The molecule has 2 aliphatic rings. The molecule has 0 aromatic heterocycles. The Balaban J connectivity index is 1.97. The molecule has 1 aliphatic carbocycles. The molecule has 2 fully saturated rings.